The number of hydrogen-bond acceptors (Lipinski definition) is 8. The van der Waals surface area contributed by atoms with Gasteiger partial charge < -0.3 is 25.4 Å². The zero-order chi connectivity index (χ0) is 28.4. The molecule has 216 valence electrons. The fraction of sp³-hybridized carbons (Fsp3) is 0.643. The molecule has 0 spiro atoms. The van der Waals surface area contributed by atoms with Crippen molar-refractivity contribution >= 4 is 35.5 Å². The first-order chi connectivity index (χ1) is 18.7. The topological polar surface area (TPSA) is 126 Å². The monoisotopic (exact) mass is 562 g/mol. The van der Waals surface area contributed by atoms with Crippen LogP contribution in [0.1, 0.15) is 57.1 Å². The van der Waals surface area contributed by atoms with Crippen molar-refractivity contribution in [1.82, 2.24) is 20.9 Å². The summed E-state index contributed by atoms with van der Waals surface area (Å²) in [6.45, 7) is 5.12. The van der Waals surface area contributed by atoms with Gasteiger partial charge in [-0.25, -0.2) is 4.79 Å². The number of ether oxygens (including phenoxy) is 2. The average Bonchev–Trinajstić information content (AvgIpc) is 3.59. The predicted octanol–water partition coefficient (Wildman–Crippen LogP) is 1.99. The maximum atomic E-state index is 13.3. The van der Waals surface area contributed by atoms with Crippen LogP contribution >= 0.6 is 11.8 Å². The van der Waals surface area contributed by atoms with Crippen LogP contribution in [-0.2, 0) is 36.9 Å². The molecule has 39 heavy (non-hydrogen) atoms. The highest BCUT2D eigenvalue weighted by molar-refractivity contribution is 7.98. The summed E-state index contributed by atoms with van der Waals surface area (Å²) in [7, 11) is 1.31. The van der Waals surface area contributed by atoms with E-state index in [0.29, 0.717) is 44.6 Å². The van der Waals surface area contributed by atoms with Crippen molar-refractivity contribution in [2.24, 2.45) is 5.92 Å². The largest absolute Gasteiger partial charge is 0.493 e. The van der Waals surface area contributed by atoms with E-state index in [4.69, 9.17) is 9.47 Å². The van der Waals surface area contributed by atoms with Gasteiger partial charge in [0.1, 0.15) is 17.8 Å². The molecule has 0 radical (unpaired) electrons. The number of esters is 1. The number of benzene rings is 1. The number of carbonyl (C=O) groups is 4. The summed E-state index contributed by atoms with van der Waals surface area (Å²) in [6, 6.07) is 4.65. The summed E-state index contributed by atoms with van der Waals surface area (Å²) in [6.07, 6.45) is 5.01. The summed E-state index contributed by atoms with van der Waals surface area (Å²) in [5.74, 6) is 0.560. The number of para-hydroxylation sites is 1. The van der Waals surface area contributed by atoms with Crippen molar-refractivity contribution in [3.05, 3.63) is 29.3 Å². The molecule has 0 aromatic heterocycles. The maximum absolute atomic E-state index is 13.3. The standard InChI is InChI=1S/C28H42N4O6S/c1-5-18(2)15-23(31-27(35)21-9-10-24(33)29-21)32(16-20-8-6-7-19-11-13-38-26(19)20)17-25(34)30-22(12-14-39-4)28(36)37-3/h6-8,18,21-23H,5,9-17H2,1-4H3,(H,29,33)(H,30,34)(H,31,35)/t18-,21-,22-,23?/m0/s1. The van der Waals surface area contributed by atoms with Gasteiger partial charge in [0.15, 0.2) is 0 Å². The number of methoxy groups -OCH3 is 1. The molecular weight excluding hydrogens is 520 g/mol. The Morgan fingerprint density at radius 3 is 2.72 bits per heavy atom. The lowest BCUT2D eigenvalue weighted by Gasteiger charge is -2.34. The van der Waals surface area contributed by atoms with E-state index in [9.17, 15) is 19.2 Å². The highest BCUT2D eigenvalue weighted by Crippen LogP contribution is 2.31. The molecule has 10 nitrogen and oxygen atoms in total. The Kier molecular flexibility index (Phi) is 11.9. The Morgan fingerprint density at radius 1 is 1.26 bits per heavy atom. The first-order valence-electron chi connectivity index (χ1n) is 13.7. The van der Waals surface area contributed by atoms with Crippen molar-refractivity contribution in [2.75, 3.05) is 32.3 Å². The lowest BCUT2D eigenvalue weighted by atomic mass is 10.0. The molecule has 1 aromatic rings. The molecule has 3 amide bonds. The fourth-order valence-electron chi connectivity index (χ4n) is 4.88. The number of fused-ring (bicyclic) bond motifs is 1. The second-order valence-corrected chi connectivity index (χ2v) is 11.3. The third-order valence-corrected chi connectivity index (χ3v) is 7.98. The Balaban J connectivity index is 1.86. The molecule has 4 atom stereocenters. The third kappa shape index (κ3) is 8.86. The minimum Gasteiger partial charge on any atom is -0.493 e. The minimum atomic E-state index is -0.752. The number of thioether (sulfide) groups is 1. The van der Waals surface area contributed by atoms with E-state index in [1.165, 1.54) is 7.11 Å². The van der Waals surface area contributed by atoms with E-state index in [1.54, 1.807) is 11.8 Å². The van der Waals surface area contributed by atoms with Crippen LogP contribution in [0, 0.1) is 5.92 Å². The van der Waals surface area contributed by atoms with Crippen LogP contribution in [0.2, 0.25) is 0 Å². The Hall–Kier alpha value is -2.79. The Labute approximate surface area is 235 Å². The minimum absolute atomic E-state index is 0.0468. The van der Waals surface area contributed by atoms with Crippen LogP contribution < -0.4 is 20.7 Å². The van der Waals surface area contributed by atoms with Crippen LogP contribution in [0.25, 0.3) is 0 Å². The van der Waals surface area contributed by atoms with Crippen molar-refractivity contribution in [3.63, 3.8) is 0 Å². The second kappa shape index (κ2) is 15.1. The number of hydrogen-bond donors (Lipinski definition) is 3. The third-order valence-electron chi connectivity index (χ3n) is 7.33. The van der Waals surface area contributed by atoms with Gasteiger partial charge in [-0.1, -0.05) is 38.5 Å². The smallest absolute Gasteiger partial charge is 0.328 e. The van der Waals surface area contributed by atoms with Gasteiger partial charge in [-0.15, -0.1) is 0 Å². The van der Waals surface area contributed by atoms with Crippen molar-refractivity contribution in [2.45, 2.75) is 77.2 Å². The zero-order valence-corrected chi connectivity index (χ0v) is 24.2. The SMILES string of the molecule is CC[C@H](C)CC(NC(=O)[C@@H]1CCC(=O)N1)N(CC(=O)N[C@@H](CCSC)C(=O)OC)Cc1cccc2c1OCC2. The molecule has 1 unspecified atom stereocenters. The highest BCUT2D eigenvalue weighted by atomic mass is 32.2. The van der Waals surface area contributed by atoms with Crippen LogP contribution in [0.15, 0.2) is 18.2 Å². The summed E-state index contributed by atoms with van der Waals surface area (Å²) in [5, 5.41) is 8.69. The molecule has 3 rings (SSSR count). The first-order valence-corrected chi connectivity index (χ1v) is 15.1. The number of carbonyl (C=O) groups excluding carboxylic acids is 4. The lowest BCUT2D eigenvalue weighted by Crippen LogP contribution is -2.56. The van der Waals surface area contributed by atoms with E-state index in [2.05, 4.69) is 29.8 Å². The van der Waals surface area contributed by atoms with Crippen LogP contribution in [0.4, 0.5) is 0 Å². The van der Waals surface area contributed by atoms with Crippen LogP contribution in [-0.4, -0.2) is 79.1 Å². The van der Waals surface area contributed by atoms with Gasteiger partial charge in [-0.05, 0) is 42.8 Å². The van der Waals surface area contributed by atoms with E-state index < -0.39 is 24.2 Å². The molecule has 2 aliphatic rings. The second-order valence-electron chi connectivity index (χ2n) is 10.3. The molecular formula is C28H42N4O6S. The van der Waals surface area contributed by atoms with E-state index in [0.717, 1.165) is 29.7 Å². The number of nitrogens with one attached hydrogen (secondary N) is 3. The van der Waals surface area contributed by atoms with Gasteiger partial charge in [0.05, 0.1) is 26.4 Å². The van der Waals surface area contributed by atoms with Gasteiger partial charge in [-0.2, -0.15) is 11.8 Å². The molecule has 2 heterocycles. The van der Waals surface area contributed by atoms with E-state index >= 15 is 0 Å². The average molecular weight is 563 g/mol. The van der Waals surface area contributed by atoms with Crippen LogP contribution in [0.3, 0.4) is 0 Å². The number of amides is 3. The van der Waals surface area contributed by atoms with E-state index in [1.807, 2.05) is 29.4 Å². The van der Waals surface area contributed by atoms with Crippen molar-refractivity contribution in [3.8, 4) is 5.75 Å². The molecule has 1 saturated heterocycles. The fourth-order valence-corrected chi connectivity index (χ4v) is 5.35. The molecule has 0 aliphatic carbocycles. The normalized spacial score (nSPS) is 18.5. The summed E-state index contributed by atoms with van der Waals surface area (Å²) in [4.78, 5) is 52.5. The van der Waals surface area contributed by atoms with Crippen molar-refractivity contribution < 1.29 is 28.7 Å². The van der Waals surface area contributed by atoms with Gasteiger partial charge in [0.25, 0.3) is 0 Å². The van der Waals surface area contributed by atoms with Gasteiger partial charge in [-0.3, -0.25) is 19.3 Å². The number of rotatable bonds is 15. The van der Waals surface area contributed by atoms with Crippen LogP contribution in [0.5, 0.6) is 5.75 Å². The molecule has 1 aromatic carbocycles. The maximum Gasteiger partial charge on any atom is 0.328 e. The molecule has 11 heteroatoms. The Bertz CT molecular complexity index is 1020. The van der Waals surface area contributed by atoms with E-state index in [-0.39, 0.29) is 30.2 Å². The summed E-state index contributed by atoms with van der Waals surface area (Å²) in [5.41, 5.74) is 2.05. The molecule has 1 fully saturated rings. The van der Waals surface area contributed by atoms with Crippen molar-refractivity contribution in [1.29, 1.82) is 0 Å². The molecule has 2 aliphatic heterocycles. The van der Waals surface area contributed by atoms with Gasteiger partial charge >= 0.3 is 5.97 Å². The van der Waals surface area contributed by atoms with Gasteiger partial charge in [0, 0.05) is 24.9 Å². The zero-order valence-electron chi connectivity index (χ0n) is 23.4. The summed E-state index contributed by atoms with van der Waals surface area (Å²) >= 11 is 1.58. The molecule has 0 bridgehead atoms. The first kappa shape index (κ1) is 30.7. The lowest BCUT2D eigenvalue weighted by molar-refractivity contribution is -0.145. The molecule has 3 N–H and O–H groups in total. The summed E-state index contributed by atoms with van der Waals surface area (Å²) < 4.78 is 10.8. The quantitative estimate of drug-likeness (QED) is 0.219. The Morgan fingerprint density at radius 2 is 2.05 bits per heavy atom. The number of nitrogens with zero attached hydrogens (tertiary/aromatic N) is 1. The van der Waals surface area contributed by atoms with Gasteiger partial charge in [0.2, 0.25) is 17.7 Å². The molecule has 0 saturated carbocycles. The highest BCUT2D eigenvalue weighted by Gasteiger charge is 2.33. The predicted molar refractivity (Wildman–Crippen MR) is 150 cm³/mol.